The van der Waals surface area contributed by atoms with Crippen LogP contribution >= 0.6 is 0 Å². The lowest BCUT2D eigenvalue weighted by molar-refractivity contribution is 0.169. The predicted molar refractivity (Wildman–Crippen MR) is 66.2 cm³/mol. The monoisotopic (exact) mass is 227 g/mol. The highest BCUT2D eigenvalue weighted by atomic mass is 16.2. The fourth-order valence-electron chi connectivity index (χ4n) is 2.36. The molecule has 0 heterocycles. The van der Waals surface area contributed by atoms with Gasteiger partial charge in [0.05, 0.1) is 0 Å². The standard InChI is InChI=1S/C12H25N3O/c1-12(2,3)14-11(16)15(4)10-7-5-6-9(10)8-13/h9-10H,5-8,13H2,1-4H3,(H,14,16). The molecule has 1 rings (SSSR count). The number of rotatable bonds is 2. The topological polar surface area (TPSA) is 58.4 Å². The molecule has 1 aliphatic rings. The highest BCUT2D eigenvalue weighted by molar-refractivity contribution is 5.75. The van der Waals surface area contributed by atoms with Gasteiger partial charge in [0, 0.05) is 18.6 Å². The van der Waals surface area contributed by atoms with Crippen molar-refractivity contribution in [3.63, 3.8) is 0 Å². The van der Waals surface area contributed by atoms with Crippen LogP contribution in [0.15, 0.2) is 0 Å². The highest BCUT2D eigenvalue weighted by Gasteiger charge is 2.32. The van der Waals surface area contributed by atoms with Gasteiger partial charge in [-0.2, -0.15) is 0 Å². The van der Waals surface area contributed by atoms with Gasteiger partial charge in [0.15, 0.2) is 0 Å². The van der Waals surface area contributed by atoms with E-state index in [1.807, 2.05) is 32.7 Å². The van der Waals surface area contributed by atoms with Crippen LogP contribution in [0.5, 0.6) is 0 Å². The molecule has 3 N–H and O–H groups in total. The third-order valence-electron chi connectivity index (χ3n) is 3.22. The van der Waals surface area contributed by atoms with E-state index in [0.717, 1.165) is 12.8 Å². The molecular formula is C12H25N3O. The van der Waals surface area contributed by atoms with Crippen LogP contribution < -0.4 is 11.1 Å². The van der Waals surface area contributed by atoms with Crippen molar-refractivity contribution in [2.75, 3.05) is 13.6 Å². The Kier molecular flexibility index (Phi) is 4.19. The molecule has 1 fully saturated rings. The predicted octanol–water partition coefficient (Wildman–Crippen LogP) is 1.55. The van der Waals surface area contributed by atoms with Crippen molar-refractivity contribution in [1.82, 2.24) is 10.2 Å². The highest BCUT2D eigenvalue weighted by Crippen LogP contribution is 2.28. The maximum Gasteiger partial charge on any atom is 0.317 e. The van der Waals surface area contributed by atoms with Crippen molar-refractivity contribution < 1.29 is 4.79 Å². The minimum atomic E-state index is -0.178. The molecule has 94 valence electrons. The van der Waals surface area contributed by atoms with Crippen molar-refractivity contribution in [2.24, 2.45) is 11.7 Å². The molecule has 16 heavy (non-hydrogen) atoms. The Morgan fingerprint density at radius 1 is 1.44 bits per heavy atom. The maximum atomic E-state index is 12.0. The van der Waals surface area contributed by atoms with Gasteiger partial charge in [0.2, 0.25) is 0 Å². The van der Waals surface area contributed by atoms with Crippen LogP contribution in [-0.4, -0.2) is 36.1 Å². The second kappa shape index (κ2) is 5.04. The third-order valence-corrected chi connectivity index (χ3v) is 3.22. The molecule has 4 heteroatoms. The van der Waals surface area contributed by atoms with Crippen LogP contribution in [0.4, 0.5) is 4.79 Å². The van der Waals surface area contributed by atoms with Gasteiger partial charge >= 0.3 is 6.03 Å². The first-order valence-electron chi connectivity index (χ1n) is 6.10. The van der Waals surface area contributed by atoms with E-state index in [4.69, 9.17) is 5.73 Å². The minimum Gasteiger partial charge on any atom is -0.333 e. The Hall–Kier alpha value is -0.770. The number of amides is 2. The molecule has 0 aliphatic heterocycles. The van der Waals surface area contributed by atoms with E-state index in [1.54, 1.807) is 0 Å². The Bertz CT molecular complexity index is 247. The van der Waals surface area contributed by atoms with Crippen LogP contribution in [0.25, 0.3) is 0 Å². The molecule has 2 amide bonds. The second-order valence-electron chi connectivity index (χ2n) is 5.79. The van der Waals surface area contributed by atoms with E-state index in [2.05, 4.69) is 5.32 Å². The zero-order chi connectivity index (χ0) is 12.3. The van der Waals surface area contributed by atoms with Gasteiger partial charge in [0.1, 0.15) is 0 Å². The zero-order valence-electron chi connectivity index (χ0n) is 10.9. The van der Waals surface area contributed by atoms with Crippen molar-refractivity contribution in [1.29, 1.82) is 0 Å². The van der Waals surface area contributed by atoms with E-state index in [9.17, 15) is 4.79 Å². The Morgan fingerprint density at radius 2 is 2.06 bits per heavy atom. The van der Waals surface area contributed by atoms with Crippen LogP contribution in [0.2, 0.25) is 0 Å². The molecule has 0 aromatic carbocycles. The van der Waals surface area contributed by atoms with E-state index in [1.165, 1.54) is 6.42 Å². The molecule has 0 aromatic rings. The van der Waals surface area contributed by atoms with E-state index in [0.29, 0.717) is 18.5 Å². The largest absolute Gasteiger partial charge is 0.333 e. The molecule has 2 atom stereocenters. The number of nitrogens with two attached hydrogens (primary N) is 1. The third kappa shape index (κ3) is 3.37. The van der Waals surface area contributed by atoms with Crippen LogP contribution in [-0.2, 0) is 0 Å². The molecule has 0 spiro atoms. The SMILES string of the molecule is CN(C(=O)NC(C)(C)C)C1CCCC1CN. The summed E-state index contributed by atoms with van der Waals surface area (Å²) in [6.45, 7) is 6.66. The summed E-state index contributed by atoms with van der Waals surface area (Å²) < 4.78 is 0. The van der Waals surface area contributed by atoms with Crippen molar-refractivity contribution in [2.45, 2.75) is 51.6 Å². The first-order chi connectivity index (χ1) is 7.35. The molecular weight excluding hydrogens is 202 g/mol. The number of hydrogen-bond donors (Lipinski definition) is 2. The first-order valence-corrected chi connectivity index (χ1v) is 6.10. The number of carbonyl (C=O) groups is 1. The minimum absolute atomic E-state index is 0.0119. The molecule has 0 saturated heterocycles. The van der Waals surface area contributed by atoms with Crippen molar-refractivity contribution in [3.8, 4) is 0 Å². The van der Waals surface area contributed by atoms with Gasteiger partial charge in [-0.15, -0.1) is 0 Å². The van der Waals surface area contributed by atoms with Gasteiger partial charge in [-0.05, 0) is 46.1 Å². The molecule has 0 aromatic heterocycles. The number of urea groups is 1. The lowest BCUT2D eigenvalue weighted by atomic mass is 10.0. The van der Waals surface area contributed by atoms with Gasteiger partial charge < -0.3 is 16.0 Å². The molecule has 2 unspecified atom stereocenters. The summed E-state index contributed by atoms with van der Waals surface area (Å²) in [5.41, 5.74) is 5.55. The average Bonchev–Trinajstić information content (AvgIpc) is 2.61. The smallest absolute Gasteiger partial charge is 0.317 e. The molecule has 0 radical (unpaired) electrons. The Labute approximate surface area is 98.6 Å². The lowest BCUT2D eigenvalue weighted by Crippen LogP contribution is -2.51. The van der Waals surface area contributed by atoms with E-state index in [-0.39, 0.29) is 11.6 Å². The quantitative estimate of drug-likeness (QED) is 0.752. The summed E-state index contributed by atoms with van der Waals surface area (Å²) in [5, 5.41) is 2.99. The summed E-state index contributed by atoms with van der Waals surface area (Å²) in [7, 11) is 1.87. The van der Waals surface area contributed by atoms with Gasteiger partial charge in [0.25, 0.3) is 0 Å². The molecule has 0 bridgehead atoms. The zero-order valence-corrected chi connectivity index (χ0v) is 10.9. The first kappa shape index (κ1) is 13.3. The number of hydrogen-bond acceptors (Lipinski definition) is 2. The fourth-order valence-corrected chi connectivity index (χ4v) is 2.36. The Morgan fingerprint density at radius 3 is 2.56 bits per heavy atom. The van der Waals surface area contributed by atoms with Gasteiger partial charge in [-0.25, -0.2) is 4.79 Å². The van der Waals surface area contributed by atoms with Gasteiger partial charge in [-0.3, -0.25) is 0 Å². The summed E-state index contributed by atoms with van der Waals surface area (Å²) in [5.74, 6) is 0.468. The van der Waals surface area contributed by atoms with Crippen molar-refractivity contribution in [3.05, 3.63) is 0 Å². The molecule has 1 saturated carbocycles. The normalized spacial score (nSPS) is 25.6. The number of carbonyl (C=O) groups excluding carboxylic acids is 1. The van der Waals surface area contributed by atoms with Crippen LogP contribution in [0.3, 0.4) is 0 Å². The summed E-state index contributed by atoms with van der Waals surface area (Å²) in [4.78, 5) is 13.8. The van der Waals surface area contributed by atoms with Gasteiger partial charge in [-0.1, -0.05) is 6.42 Å². The Balaban J connectivity index is 2.56. The van der Waals surface area contributed by atoms with Crippen LogP contribution in [0.1, 0.15) is 40.0 Å². The number of nitrogens with zero attached hydrogens (tertiary/aromatic N) is 1. The molecule has 1 aliphatic carbocycles. The molecule has 4 nitrogen and oxygen atoms in total. The van der Waals surface area contributed by atoms with Crippen molar-refractivity contribution >= 4 is 6.03 Å². The summed E-state index contributed by atoms with van der Waals surface area (Å²) in [6, 6.07) is 0.324. The number of nitrogens with one attached hydrogen (secondary N) is 1. The van der Waals surface area contributed by atoms with E-state index < -0.39 is 0 Å². The summed E-state index contributed by atoms with van der Waals surface area (Å²) >= 11 is 0. The van der Waals surface area contributed by atoms with E-state index >= 15 is 0 Å². The lowest BCUT2D eigenvalue weighted by Gasteiger charge is -2.32. The fraction of sp³-hybridized carbons (Fsp3) is 0.917. The maximum absolute atomic E-state index is 12.0. The summed E-state index contributed by atoms with van der Waals surface area (Å²) in [6.07, 6.45) is 3.41. The van der Waals surface area contributed by atoms with Crippen LogP contribution in [0, 0.1) is 5.92 Å². The second-order valence-corrected chi connectivity index (χ2v) is 5.79. The average molecular weight is 227 g/mol.